The SMILES string of the molecule is Oc1cccc(CN2CC(CCl)C2)c1. The number of halogens is 1. The molecule has 14 heavy (non-hydrogen) atoms. The minimum absolute atomic E-state index is 0.344. The molecule has 2 nitrogen and oxygen atoms in total. The lowest BCUT2D eigenvalue weighted by Crippen LogP contribution is -2.46. The molecule has 1 aromatic carbocycles. The van der Waals surface area contributed by atoms with Crippen LogP contribution >= 0.6 is 11.6 Å². The van der Waals surface area contributed by atoms with E-state index < -0.39 is 0 Å². The van der Waals surface area contributed by atoms with Crippen LogP contribution in [0.5, 0.6) is 5.75 Å². The second-order valence-corrected chi connectivity index (χ2v) is 4.19. The molecule has 1 aliphatic heterocycles. The molecule has 0 aliphatic carbocycles. The standard InChI is InChI=1S/C11H14ClNO/c12-5-10-7-13(8-10)6-9-2-1-3-11(14)4-9/h1-4,10,14H,5-8H2. The fourth-order valence-electron chi connectivity index (χ4n) is 1.82. The Morgan fingerprint density at radius 2 is 2.21 bits per heavy atom. The Labute approximate surface area is 89.1 Å². The Kier molecular flexibility index (Phi) is 2.94. The molecular formula is C11H14ClNO. The van der Waals surface area contributed by atoms with Gasteiger partial charge in [-0.25, -0.2) is 0 Å². The summed E-state index contributed by atoms with van der Waals surface area (Å²) in [6.07, 6.45) is 0. The van der Waals surface area contributed by atoms with Gasteiger partial charge in [-0.3, -0.25) is 4.90 Å². The molecule has 0 unspecified atom stereocenters. The Morgan fingerprint density at radius 1 is 1.43 bits per heavy atom. The van der Waals surface area contributed by atoms with Crippen molar-refractivity contribution >= 4 is 11.6 Å². The van der Waals surface area contributed by atoms with Gasteiger partial charge in [0, 0.05) is 25.5 Å². The number of aromatic hydroxyl groups is 1. The van der Waals surface area contributed by atoms with Crippen LogP contribution in [0.3, 0.4) is 0 Å². The lowest BCUT2D eigenvalue weighted by molar-refractivity contribution is 0.107. The van der Waals surface area contributed by atoms with Gasteiger partial charge in [0.15, 0.2) is 0 Å². The van der Waals surface area contributed by atoms with Crippen molar-refractivity contribution in [3.8, 4) is 5.75 Å². The van der Waals surface area contributed by atoms with E-state index in [9.17, 15) is 5.11 Å². The van der Waals surface area contributed by atoms with Gasteiger partial charge < -0.3 is 5.11 Å². The van der Waals surface area contributed by atoms with Crippen LogP contribution in [0.4, 0.5) is 0 Å². The predicted octanol–water partition coefficient (Wildman–Crippen LogP) is 2.06. The van der Waals surface area contributed by atoms with E-state index in [-0.39, 0.29) is 0 Å². The Bertz CT molecular complexity index is 310. The van der Waals surface area contributed by atoms with Crippen molar-refractivity contribution in [1.82, 2.24) is 4.90 Å². The summed E-state index contributed by atoms with van der Waals surface area (Å²) >= 11 is 5.73. The Morgan fingerprint density at radius 3 is 2.86 bits per heavy atom. The van der Waals surface area contributed by atoms with Crippen LogP contribution < -0.4 is 0 Å². The number of benzene rings is 1. The number of phenolic OH excluding ortho intramolecular Hbond substituents is 1. The summed E-state index contributed by atoms with van der Waals surface area (Å²) in [5.74, 6) is 1.77. The van der Waals surface area contributed by atoms with Crippen LogP contribution in [-0.4, -0.2) is 29.0 Å². The maximum Gasteiger partial charge on any atom is 0.115 e. The summed E-state index contributed by atoms with van der Waals surface area (Å²) in [5.41, 5.74) is 1.16. The smallest absolute Gasteiger partial charge is 0.115 e. The second-order valence-electron chi connectivity index (χ2n) is 3.88. The van der Waals surface area contributed by atoms with E-state index in [0.717, 1.165) is 31.1 Å². The molecule has 3 heteroatoms. The summed E-state index contributed by atoms with van der Waals surface area (Å²) in [7, 11) is 0. The molecule has 0 saturated carbocycles. The Balaban J connectivity index is 1.87. The van der Waals surface area contributed by atoms with Crippen LogP contribution in [-0.2, 0) is 6.54 Å². The van der Waals surface area contributed by atoms with Gasteiger partial charge in [-0.1, -0.05) is 12.1 Å². The summed E-state index contributed by atoms with van der Waals surface area (Å²) in [5, 5.41) is 9.28. The first-order chi connectivity index (χ1) is 6.78. The molecule has 1 saturated heterocycles. The topological polar surface area (TPSA) is 23.5 Å². The van der Waals surface area contributed by atoms with E-state index in [4.69, 9.17) is 11.6 Å². The van der Waals surface area contributed by atoms with Gasteiger partial charge in [-0.05, 0) is 23.6 Å². The highest BCUT2D eigenvalue weighted by molar-refractivity contribution is 6.18. The zero-order chi connectivity index (χ0) is 9.97. The van der Waals surface area contributed by atoms with E-state index in [1.807, 2.05) is 18.2 Å². The quantitative estimate of drug-likeness (QED) is 0.774. The third kappa shape index (κ3) is 2.20. The number of rotatable bonds is 3. The predicted molar refractivity (Wildman–Crippen MR) is 57.6 cm³/mol. The molecule has 0 bridgehead atoms. The van der Waals surface area contributed by atoms with Gasteiger partial charge in [0.2, 0.25) is 0 Å². The fraction of sp³-hybridized carbons (Fsp3) is 0.455. The van der Waals surface area contributed by atoms with Crippen molar-refractivity contribution in [2.45, 2.75) is 6.54 Å². The van der Waals surface area contributed by atoms with Crippen LogP contribution in [0.15, 0.2) is 24.3 Å². The minimum Gasteiger partial charge on any atom is -0.508 e. The lowest BCUT2D eigenvalue weighted by atomic mass is 10.0. The molecule has 0 aromatic heterocycles. The molecule has 1 heterocycles. The molecule has 1 fully saturated rings. The first-order valence-electron chi connectivity index (χ1n) is 4.84. The van der Waals surface area contributed by atoms with E-state index in [1.54, 1.807) is 6.07 Å². The van der Waals surface area contributed by atoms with E-state index >= 15 is 0 Å². The third-order valence-electron chi connectivity index (χ3n) is 2.57. The first-order valence-corrected chi connectivity index (χ1v) is 5.37. The van der Waals surface area contributed by atoms with Crippen molar-refractivity contribution < 1.29 is 5.11 Å². The molecule has 2 rings (SSSR count). The van der Waals surface area contributed by atoms with Gasteiger partial charge in [0.25, 0.3) is 0 Å². The van der Waals surface area contributed by atoms with E-state index in [0.29, 0.717) is 11.7 Å². The van der Waals surface area contributed by atoms with Gasteiger partial charge in [0.1, 0.15) is 5.75 Å². The van der Waals surface area contributed by atoms with Gasteiger partial charge in [-0.2, -0.15) is 0 Å². The monoisotopic (exact) mass is 211 g/mol. The Hall–Kier alpha value is -0.730. The average Bonchev–Trinajstić information content (AvgIpc) is 2.10. The van der Waals surface area contributed by atoms with Crippen molar-refractivity contribution in [2.75, 3.05) is 19.0 Å². The first kappa shape index (κ1) is 9.81. The van der Waals surface area contributed by atoms with Crippen LogP contribution in [0.1, 0.15) is 5.56 Å². The molecule has 0 atom stereocenters. The number of hydrogen-bond donors (Lipinski definition) is 1. The van der Waals surface area contributed by atoms with Crippen LogP contribution in [0, 0.1) is 5.92 Å². The summed E-state index contributed by atoms with van der Waals surface area (Å²) in [4.78, 5) is 2.34. The second kappa shape index (κ2) is 4.20. The maximum atomic E-state index is 9.28. The zero-order valence-electron chi connectivity index (χ0n) is 7.99. The maximum absolute atomic E-state index is 9.28. The molecule has 1 aromatic rings. The lowest BCUT2D eigenvalue weighted by Gasteiger charge is -2.38. The fourth-order valence-corrected chi connectivity index (χ4v) is 2.01. The molecule has 0 spiro atoms. The number of nitrogens with zero attached hydrogens (tertiary/aromatic N) is 1. The van der Waals surface area contributed by atoms with E-state index in [2.05, 4.69) is 4.90 Å². The minimum atomic E-state index is 0.344. The number of phenols is 1. The average molecular weight is 212 g/mol. The van der Waals surface area contributed by atoms with Gasteiger partial charge in [-0.15, -0.1) is 11.6 Å². The highest BCUT2D eigenvalue weighted by Gasteiger charge is 2.25. The van der Waals surface area contributed by atoms with Crippen molar-refractivity contribution in [2.24, 2.45) is 5.92 Å². The summed E-state index contributed by atoms with van der Waals surface area (Å²) in [6.45, 7) is 3.08. The van der Waals surface area contributed by atoms with Crippen molar-refractivity contribution in [3.05, 3.63) is 29.8 Å². The molecule has 0 amide bonds. The number of hydrogen-bond acceptors (Lipinski definition) is 2. The third-order valence-corrected chi connectivity index (χ3v) is 3.00. The highest BCUT2D eigenvalue weighted by atomic mass is 35.5. The summed E-state index contributed by atoms with van der Waals surface area (Å²) < 4.78 is 0. The number of alkyl halides is 1. The largest absolute Gasteiger partial charge is 0.508 e. The molecule has 1 aliphatic rings. The molecule has 76 valence electrons. The summed E-state index contributed by atoms with van der Waals surface area (Å²) in [6, 6.07) is 7.42. The van der Waals surface area contributed by atoms with Gasteiger partial charge >= 0.3 is 0 Å². The number of likely N-dealkylation sites (tertiary alicyclic amines) is 1. The molecule has 0 radical (unpaired) electrons. The van der Waals surface area contributed by atoms with Crippen molar-refractivity contribution in [3.63, 3.8) is 0 Å². The normalized spacial score (nSPS) is 18.1. The van der Waals surface area contributed by atoms with Gasteiger partial charge in [0.05, 0.1) is 0 Å². The van der Waals surface area contributed by atoms with Crippen LogP contribution in [0.25, 0.3) is 0 Å². The van der Waals surface area contributed by atoms with Crippen molar-refractivity contribution in [1.29, 1.82) is 0 Å². The highest BCUT2D eigenvalue weighted by Crippen LogP contribution is 2.20. The molecular weight excluding hydrogens is 198 g/mol. The van der Waals surface area contributed by atoms with Crippen LogP contribution in [0.2, 0.25) is 0 Å². The van der Waals surface area contributed by atoms with E-state index in [1.165, 1.54) is 0 Å². The zero-order valence-corrected chi connectivity index (χ0v) is 8.74. The molecule has 1 N–H and O–H groups in total.